The van der Waals surface area contributed by atoms with Gasteiger partial charge in [-0.3, -0.25) is 4.79 Å². The third-order valence-corrected chi connectivity index (χ3v) is 3.32. The van der Waals surface area contributed by atoms with Gasteiger partial charge < -0.3 is 15.8 Å². The van der Waals surface area contributed by atoms with E-state index in [1.54, 1.807) is 6.07 Å². The molecule has 0 saturated carbocycles. The summed E-state index contributed by atoms with van der Waals surface area (Å²) in [5.74, 6) is 0.385. The molecule has 0 saturated heterocycles. The first-order valence-corrected chi connectivity index (χ1v) is 6.83. The summed E-state index contributed by atoms with van der Waals surface area (Å²) in [5.41, 5.74) is 6.29. The van der Waals surface area contributed by atoms with Crippen LogP contribution in [0.25, 0.3) is 0 Å². The van der Waals surface area contributed by atoms with E-state index in [-0.39, 0.29) is 18.6 Å². The molecule has 1 amide bonds. The van der Waals surface area contributed by atoms with E-state index in [4.69, 9.17) is 10.5 Å². The lowest BCUT2D eigenvalue weighted by molar-refractivity contribution is -0.123. The average molecular weight is 315 g/mol. The number of hydrogen-bond donors (Lipinski definition) is 2. The number of amides is 1. The predicted molar refractivity (Wildman–Crippen MR) is 76.6 cm³/mol. The van der Waals surface area contributed by atoms with Gasteiger partial charge in [-0.05, 0) is 40.9 Å². The minimum absolute atomic E-state index is 0.0245. The summed E-state index contributed by atoms with van der Waals surface area (Å²) in [5, 5.41) is 2.91. The van der Waals surface area contributed by atoms with Crippen LogP contribution < -0.4 is 15.8 Å². The van der Waals surface area contributed by atoms with Crippen LogP contribution in [0.4, 0.5) is 5.69 Å². The highest BCUT2D eigenvalue weighted by Crippen LogP contribution is 2.30. The molecular weight excluding hydrogens is 296 g/mol. The van der Waals surface area contributed by atoms with Gasteiger partial charge in [0, 0.05) is 6.04 Å². The van der Waals surface area contributed by atoms with Crippen LogP contribution in [0.2, 0.25) is 0 Å². The maximum Gasteiger partial charge on any atom is 0.258 e. The van der Waals surface area contributed by atoms with Gasteiger partial charge in [-0.2, -0.15) is 0 Å². The van der Waals surface area contributed by atoms with Gasteiger partial charge in [0.1, 0.15) is 0 Å². The van der Waals surface area contributed by atoms with Gasteiger partial charge in [-0.25, -0.2) is 0 Å². The van der Waals surface area contributed by atoms with E-state index >= 15 is 0 Å². The zero-order valence-corrected chi connectivity index (χ0v) is 12.3. The number of rotatable bonds is 6. The topological polar surface area (TPSA) is 64.3 Å². The van der Waals surface area contributed by atoms with Gasteiger partial charge in [0.05, 0.1) is 10.2 Å². The van der Waals surface area contributed by atoms with E-state index in [0.717, 1.165) is 17.3 Å². The molecule has 0 aliphatic rings. The Balaban J connectivity index is 2.52. The Hall–Kier alpha value is -1.23. The Morgan fingerprint density at radius 1 is 1.44 bits per heavy atom. The van der Waals surface area contributed by atoms with Crippen LogP contribution in [0.15, 0.2) is 22.7 Å². The molecule has 1 rings (SSSR count). The summed E-state index contributed by atoms with van der Waals surface area (Å²) >= 11 is 3.34. The van der Waals surface area contributed by atoms with Crippen LogP contribution in [0, 0.1) is 0 Å². The van der Waals surface area contributed by atoms with Gasteiger partial charge in [0.15, 0.2) is 12.4 Å². The highest BCUT2D eigenvalue weighted by atomic mass is 79.9. The van der Waals surface area contributed by atoms with Crippen molar-refractivity contribution < 1.29 is 9.53 Å². The molecule has 0 radical (unpaired) electrons. The number of benzene rings is 1. The number of para-hydroxylation sites is 1. The molecule has 3 N–H and O–H groups in total. The number of ether oxygens (including phenoxy) is 1. The second-order valence-corrected chi connectivity index (χ2v) is 4.88. The minimum Gasteiger partial charge on any atom is -0.480 e. The summed E-state index contributed by atoms with van der Waals surface area (Å²) in [6.45, 7) is 4.06. The molecule has 18 heavy (non-hydrogen) atoms. The number of carbonyl (C=O) groups excluding carboxylic acids is 1. The molecule has 0 spiro atoms. The molecule has 0 aromatic heterocycles. The van der Waals surface area contributed by atoms with Gasteiger partial charge in [0.25, 0.3) is 5.91 Å². The van der Waals surface area contributed by atoms with Crippen LogP contribution in [0.5, 0.6) is 5.75 Å². The number of anilines is 1. The van der Waals surface area contributed by atoms with Gasteiger partial charge in [-0.1, -0.05) is 19.9 Å². The van der Waals surface area contributed by atoms with E-state index in [0.29, 0.717) is 11.4 Å². The Kier molecular flexibility index (Phi) is 5.98. The summed E-state index contributed by atoms with van der Waals surface area (Å²) in [4.78, 5) is 11.7. The lowest BCUT2D eigenvalue weighted by Gasteiger charge is -2.15. The maximum atomic E-state index is 11.7. The van der Waals surface area contributed by atoms with Gasteiger partial charge in [-0.15, -0.1) is 0 Å². The quantitative estimate of drug-likeness (QED) is 0.793. The number of nitrogen functional groups attached to an aromatic ring is 1. The van der Waals surface area contributed by atoms with E-state index in [1.165, 1.54) is 0 Å². The Labute approximate surface area is 116 Å². The molecule has 100 valence electrons. The van der Waals surface area contributed by atoms with E-state index in [1.807, 2.05) is 26.0 Å². The second-order valence-electron chi connectivity index (χ2n) is 4.03. The second kappa shape index (κ2) is 7.26. The van der Waals surface area contributed by atoms with Gasteiger partial charge in [0.2, 0.25) is 0 Å². The van der Waals surface area contributed by atoms with Crippen molar-refractivity contribution in [1.29, 1.82) is 0 Å². The first-order valence-electron chi connectivity index (χ1n) is 6.04. The largest absolute Gasteiger partial charge is 0.480 e. The fraction of sp³-hybridized carbons (Fsp3) is 0.462. The highest BCUT2D eigenvalue weighted by molar-refractivity contribution is 9.10. The molecule has 0 aliphatic carbocycles. The summed E-state index contributed by atoms with van der Waals surface area (Å²) in [7, 11) is 0. The smallest absolute Gasteiger partial charge is 0.258 e. The molecule has 1 aromatic rings. The van der Waals surface area contributed by atoms with Crippen molar-refractivity contribution >= 4 is 27.5 Å². The molecule has 0 fully saturated rings. The van der Waals surface area contributed by atoms with Crippen molar-refractivity contribution in [1.82, 2.24) is 5.32 Å². The van der Waals surface area contributed by atoms with Crippen LogP contribution in [-0.2, 0) is 4.79 Å². The summed E-state index contributed by atoms with van der Waals surface area (Å²) < 4.78 is 6.18. The van der Waals surface area contributed by atoms with Crippen molar-refractivity contribution in [3.05, 3.63) is 22.7 Å². The van der Waals surface area contributed by atoms with Gasteiger partial charge >= 0.3 is 0 Å². The number of nitrogens with one attached hydrogen (secondary N) is 1. The van der Waals surface area contributed by atoms with Crippen LogP contribution >= 0.6 is 15.9 Å². The summed E-state index contributed by atoms with van der Waals surface area (Å²) in [6, 6.07) is 5.58. The first kappa shape index (κ1) is 14.8. The molecule has 0 aliphatic heterocycles. The zero-order valence-electron chi connectivity index (χ0n) is 10.7. The zero-order chi connectivity index (χ0) is 13.5. The molecule has 5 heteroatoms. The van der Waals surface area contributed by atoms with E-state index in [2.05, 4.69) is 21.2 Å². The monoisotopic (exact) mass is 314 g/mol. The Bertz CT molecular complexity index is 386. The fourth-order valence-corrected chi connectivity index (χ4v) is 2.07. The molecule has 0 unspecified atom stereocenters. The SMILES string of the molecule is CCC(CC)NC(=O)COc1c(N)cccc1Br. The number of halogens is 1. The fourth-order valence-electron chi connectivity index (χ4n) is 1.58. The normalized spacial score (nSPS) is 10.4. The standard InChI is InChI=1S/C13H19BrN2O2/c1-3-9(4-2)16-12(17)8-18-13-10(14)6-5-7-11(13)15/h5-7,9H,3-4,8,15H2,1-2H3,(H,16,17). The summed E-state index contributed by atoms with van der Waals surface area (Å²) in [6.07, 6.45) is 1.83. The van der Waals surface area contributed by atoms with Crippen molar-refractivity contribution in [3.63, 3.8) is 0 Å². The number of hydrogen-bond acceptors (Lipinski definition) is 3. The maximum absolute atomic E-state index is 11.7. The number of nitrogens with two attached hydrogens (primary N) is 1. The Morgan fingerprint density at radius 3 is 2.67 bits per heavy atom. The lowest BCUT2D eigenvalue weighted by Crippen LogP contribution is -2.37. The molecular formula is C13H19BrN2O2. The van der Waals surface area contributed by atoms with E-state index < -0.39 is 0 Å². The highest BCUT2D eigenvalue weighted by Gasteiger charge is 2.11. The van der Waals surface area contributed by atoms with Crippen molar-refractivity contribution in [2.45, 2.75) is 32.7 Å². The van der Waals surface area contributed by atoms with Crippen molar-refractivity contribution in [2.24, 2.45) is 0 Å². The molecule has 0 atom stereocenters. The molecule has 0 bridgehead atoms. The minimum atomic E-state index is -0.126. The average Bonchev–Trinajstić information content (AvgIpc) is 2.35. The first-order chi connectivity index (χ1) is 8.58. The Morgan fingerprint density at radius 2 is 2.11 bits per heavy atom. The molecule has 0 heterocycles. The van der Waals surface area contributed by atoms with Crippen molar-refractivity contribution in [3.8, 4) is 5.75 Å². The van der Waals surface area contributed by atoms with Crippen LogP contribution in [0.1, 0.15) is 26.7 Å². The van der Waals surface area contributed by atoms with Crippen molar-refractivity contribution in [2.75, 3.05) is 12.3 Å². The van der Waals surface area contributed by atoms with E-state index in [9.17, 15) is 4.79 Å². The third-order valence-electron chi connectivity index (χ3n) is 2.70. The van der Waals surface area contributed by atoms with Crippen LogP contribution in [0.3, 0.4) is 0 Å². The number of carbonyl (C=O) groups is 1. The molecule has 1 aromatic carbocycles. The lowest BCUT2D eigenvalue weighted by atomic mass is 10.2. The molecule has 4 nitrogen and oxygen atoms in total. The predicted octanol–water partition coefficient (Wildman–Crippen LogP) is 2.71. The van der Waals surface area contributed by atoms with Crippen LogP contribution in [-0.4, -0.2) is 18.6 Å². The third kappa shape index (κ3) is 4.22.